The van der Waals surface area contributed by atoms with E-state index >= 15 is 0 Å². The van der Waals surface area contributed by atoms with Crippen molar-refractivity contribution in [2.24, 2.45) is 10.7 Å². The number of aliphatic imine (C=N–C) groups is 1. The lowest BCUT2D eigenvalue weighted by molar-refractivity contribution is 0.575. The van der Waals surface area contributed by atoms with Crippen LogP contribution in [0.1, 0.15) is 23.1 Å². The Morgan fingerprint density at radius 3 is 3.12 bits per heavy atom. The molecule has 0 aromatic heterocycles. The van der Waals surface area contributed by atoms with Crippen molar-refractivity contribution in [2.45, 2.75) is 25.3 Å². The van der Waals surface area contributed by atoms with Gasteiger partial charge in [0.25, 0.3) is 0 Å². The molecule has 3 heteroatoms. The highest BCUT2D eigenvalue weighted by atomic mass is 14.9. The summed E-state index contributed by atoms with van der Waals surface area (Å²) in [6.45, 7) is 0.763. The van der Waals surface area contributed by atoms with Crippen molar-refractivity contribution in [1.29, 1.82) is 0 Å². The molecule has 0 bridgehead atoms. The van der Waals surface area contributed by atoms with Crippen LogP contribution in [0, 0.1) is 0 Å². The van der Waals surface area contributed by atoms with Gasteiger partial charge in [-0.15, -0.1) is 0 Å². The van der Waals surface area contributed by atoms with Crippen LogP contribution in [0.15, 0.2) is 29.4 Å². The SMILES string of the molecule is NC1CCc2cccc(C3=CNC=NC3)c2C1. The number of nitrogens with one attached hydrogen (secondary N) is 1. The maximum Gasteiger partial charge on any atom is 0.0867 e. The van der Waals surface area contributed by atoms with Gasteiger partial charge in [-0.25, -0.2) is 0 Å². The van der Waals surface area contributed by atoms with Crippen molar-refractivity contribution in [3.8, 4) is 0 Å². The van der Waals surface area contributed by atoms with Gasteiger partial charge >= 0.3 is 0 Å². The fraction of sp³-hybridized carbons (Fsp3) is 0.357. The third-order valence-electron chi connectivity index (χ3n) is 3.55. The van der Waals surface area contributed by atoms with Crippen LogP contribution in [0.5, 0.6) is 0 Å². The fourth-order valence-corrected chi connectivity index (χ4v) is 2.66. The normalized spacial score (nSPS) is 22.6. The first-order valence-electron chi connectivity index (χ1n) is 6.14. The van der Waals surface area contributed by atoms with Crippen molar-refractivity contribution in [3.63, 3.8) is 0 Å². The molecule has 1 atom stereocenters. The van der Waals surface area contributed by atoms with Crippen LogP contribution in [0.2, 0.25) is 0 Å². The standard InChI is InChI=1S/C14H17N3/c15-12-5-4-10-2-1-3-13(14(10)6-12)11-7-16-9-17-8-11/h1-3,7,9,12H,4-6,8,15H2,(H,16,17). The smallest absolute Gasteiger partial charge is 0.0867 e. The molecule has 0 amide bonds. The zero-order valence-electron chi connectivity index (χ0n) is 9.82. The van der Waals surface area contributed by atoms with Gasteiger partial charge < -0.3 is 11.1 Å². The number of nitrogens with two attached hydrogens (primary N) is 1. The minimum absolute atomic E-state index is 0.310. The molecule has 1 aromatic carbocycles. The highest BCUT2D eigenvalue weighted by Crippen LogP contribution is 2.28. The van der Waals surface area contributed by atoms with Gasteiger partial charge in [-0.05, 0) is 41.5 Å². The first-order chi connectivity index (χ1) is 8.34. The van der Waals surface area contributed by atoms with Crippen molar-refractivity contribution in [3.05, 3.63) is 41.1 Å². The van der Waals surface area contributed by atoms with Crippen molar-refractivity contribution >= 4 is 11.9 Å². The third-order valence-corrected chi connectivity index (χ3v) is 3.55. The molecule has 1 heterocycles. The van der Waals surface area contributed by atoms with Gasteiger partial charge in [-0.3, -0.25) is 4.99 Å². The molecule has 0 saturated carbocycles. The molecule has 3 rings (SSSR count). The summed E-state index contributed by atoms with van der Waals surface area (Å²) in [6.07, 6.45) is 6.99. The van der Waals surface area contributed by atoms with Gasteiger partial charge in [0.05, 0.1) is 12.9 Å². The van der Waals surface area contributed by atoms with Crippen molar-refractivity contribution in [1.82, 2.24) is 5.32 Å². The van der Waals surface area contributed by atoms with Crippen molar-refractivity contribution in [2.75, 3.05) is 6.54 Å². The van der Waals surface area contributed by atoms with E-state index in [9.17, 15) is 0 Å². The quantitative estimate of drug-likeness (QED) is 0.763. The molecule has 0 saturated heterocycles. The van der Waals surface area contributed by atoms with Crippen LogP contribution in [0.3, 0.4) is 0 Å². The van der Waals surface area contributed by atoms with Gasteiger partial charge in [0.1, 0.15) is 0 Å². The second kappa shape index (κ2) is 4.34. The summed E-state index contributed by atoms with van der Waals surface area (Å²) in [5.41, 5.74) is 11.6. The lowest BCUT2D eigenvalue weighted by atomic mass is 9.84. The molecule has 1 aliphatic carbocycles. The zero-order valence-corrected chi connectivity index (χ0v) is 9.82. The van der Waals surface area contributed by atoms with E-state index in [4.69, 9.17) is 5.73 Å². The molecular formula is C14H17N3. The minimum Gasteiger partial charge on any atom is -0.353 e. The molecule has 0 spiro atoms. The van der Waals surface area contributed by atoms with E-state index in [2.05, 4.69) is 28.5 Å². The van der Waals surface area contributed by atoms with Gasteiger partial charge in [0.15, 0.2) is 0 Å². The Labute approximate surface area is 101 Å². The van der Waals surface area contributed by atoms with Crippen LogP contribution in [-0.4, -0.2) is 18.9 Å². The predicted molar refractivity (Wildman–Crippen MR) is 70.9 cm³/mol. The van der Waals surface area contributed by atoms with Gasteiger partial charge in [0.2, 0.25) is 0 Å². The van der Waals surface area contributed by atoms with Crippen LogP contribution in [-0.2, 0) is 12.8 Å². The summed E-state index contributed by atoms with van der Waals surface area (Å²) in [5, 5.41) is 3.07. The van der Waals surface area contributed by atoms with Crippen LogP contribution >= 0.6 is 0 Å². The molecule has 3 N–H and O–H groups in total. The summed E-state index contributed by atoms with van der Waals surface area (Å²) in [5.74, 6) is 0. The van der Waals surface area contributed by atoms with E-state index in [1.54, 1.807) is 6.34 Å². The Balaban J connectivity index is 2.02. The Kier molecular flexibility index (Phi) is 2.69. The van der Waals surface area contributed by atoms with E-state index < -0.39 is 0 Å². The van der Waals surface area contributed by atoms with E-state index in [0.717, 1.165) is 25.8 Å². The maximum absolute atomic E-state index is 6.08. The number of aryl methyl sites for hydroxylation is 1. The minimum atomic E-state index is 0.310. The topological polar surface area (TPSA) is 50.4 Å². The van der Waals surface area contributed by atoms with E-state index in [0.29, 0.717) is 6.04 Å². The lowest BCUT2D eigenvalue weighted by Gasteiger charge is -2.25. The van der Waals surface area contributed by atoms with E-state index in [1.807, 2.05) is 6.20 Å². The fourth-order valence-electron chi connectivity index (χ4n) is 2.66. The van der Waals surface area contributed by atoms with Crippen LogP contribution in [0.25, 0.3) is 5.57 Å². The second-order valence-electron chi connectivity index (χ2n) is 4.75. The largest absolute Gasteiger partial charge is 0.353 e. The first kappa shape index (κ1) is 10.5. The highest BCUT2D eigenvalue weighted by molar-refractivity contribution is 5.76. The second-order valence-corrected chi connectivity index (χ2v) is 4.75. The lowest BCUT2D eigenvalue weighted by Crippen LogP contribution is -2.28. The number of nitrogens with zero attached hydrogens (tertiary/aromatic N) is 1. The number of hydrogen-bond acceptors (Lipinski definition) is 3. The Morgan fingerprint density at radius 1 is 1.35 bits per heavy atom. The summed E-state index contributed by atoms with van der Waals surface area (Å²) in [6, 6.07) is 6.87. The Morgan fingerprint density at radius 2 is 2.29 bits per heavy atom. The van der Waals surface area contributed by atoms with E-state index in [-0.39, 0.29) is 0 Å². The first-order valence-corrected chi connectivity index (χ1v) is 6.14. The maximum atomic E-state index is 6.08. The molecular weight excluding hydrogens is 210 g/mol. The van der Waals surface area contributed by atoms with Gasteiger partial charge in [-0.1, -0.05) is 18.2 Å². The summed E-state index contributed by atoms with van der Waals surface area (Å²) in [7, 11) is 0. The van der Waals surface area contributed by atoms with Crippen molar-refractivity contribution < 1.29 is 0 Å². The average Bonchev–Trinajstić information content (AvgIpc) is 2.39. The summed E-state index contributed by atoms with van der Waals surface area (Å²) >= 11 is 0. The molecule has 1 aromatic rings. The predicted octanol–water partition coefficient (Wildman–Crippen LogP) is 1.47. The van der Waals surface area contributed by atoms with Gasteiger partial charge in [0, 0.05) is 12.2 Å². The summed E-state index contributed by atoms with van der Waals surface area (Å²) in [4.78, 5) is 4.27. The third kappa shape index (κ3) is 1.98. The Bertz CT molecular complexity index is 488. The molecule has 17 heavy (non-hydrogen) atoms. The molecule has 1 unspecified atom stereocenters. The highest BCUT2D eigenvalue weighted by Gasteiger charge is 2.19. The summed E-state index contributed by atoms with van der Waals surface area (Å²) < 4.78 is 0. The molecule has 88 valence electrons. The molecule has 3 nitrogen and oxygen atoms in total. The number of hydrogen-bond donors (Lipinski definition) is 2. The van der Waals surface area contributed by atoms with Crippen LogP contribution < -0.4 is 11.1 Å². The monoisotopic (exact) mass is 227 g/mol. The van der Waals surface area contributed by atoms with Crippen LogP contribution in [0.4, 0.5) is 0 Å². The number of benzene rings is 1. The molecule has 1 aliphatic heterocycles. The number of fused-ring (bicyclic) bond motifs is 1. The van der Waals surface area contributed by atoms with Gasteiger partial charge in [-0.2, -0.15) is 0 Å². The van der Waals surface area contributed by atoms with E-state index in [1.165, 1.54) is 22.3 Å². The molecule has 0 radical (unpaired) electrons. The average molecular weight is 227 g/mol. The molecule has 2 aliphatic rings. The molecule has 0 fully saturated rings. The number of rotatable bonds is 1. The Hall–Kier alpha value is -1.61. The zero-order chi connectivity index (χ0) is 11.7.